The average molecular weight is 779 g/mol. The molecule has 0 spiro atoms. The van der Waals surface area contributed by atoms with E-state index < -0.39 is 23.5 Å². The van der Waals surface area contributed by atoms with Crippen molar-refractivity contribution >= 4 is 63.9 Å². The molecule has 3 unspecified atom stereocenters. The number of benzene rings is 2. The maximum atomic E-state index is 14.0. The lowest BCUT2D eigenvalue weighted by atomic mass is 9.85. The molecule has 6 rings (SSSR count). The lowest BCUT2D eigenvalue weighted by Gasteiger charge is -2.42. The van der Waals surface area contributed by atoms with E-state index in [1.807, 2.05) is 26.8 Å². The minimum Gasteiger partial charge on any atom is -0.494 e. The summed E-state index contributed by atoms with van der Waals surface area (Å²) in [5.41, 5.74) is 2.63. The fourth-order valence-corrected chi connectivity index (χ4v) is 7.75. The van der Waals surface area contributed by atoms with Gasteiger partial charge in [-0.3, -0.25) is 19.3 Å². The number of nitrogens with one attached hydrogen (secondary N) is 4. The van der Waals surface area contributed by atoms with Crippen LogP contribution in [0.15, 0.2) is 42.7 Å². The molecule has 0 saturated carbocycles. The number of fused-ring (bicyclic) bond motifs is 1. The lowest BCUT2D eigenvalue weighted by molar-refractivity contribution is -0.143. The smallest absolute Gasteiger partial charge is 0.247 e. The summed E-state index contributed by atoms with van der Waals surface area (Å²) in [6.45, 7) is 14.6. The second-order valence-electron chi connectivity index (χ2n) is 16.0. The molecule has 3 fully saturated rings. The van der Waals surface area contributed by atoms with Crippen LogP contribution in [0.25, 0.3) is 10.9 Å². The van der Waals surface area contributed by atoms with Crippen LogP contribution in [0.4, 0.5) is 22.9 Å². The number of hydrogen-bond donors (Lipinski definition) is 4. The number of likely N-dealkylation sites (N-methyl/N-ethyl adjacent to an activating group) is 2. The van der Waals surface area contributed by atoms with E-state index in [-0.39, 0.29) is 30.1 Å². The van der Waals surface area contributed by atoms with Gasteiger partial charge < -0.3 is 40.7 Å². The highest BCUT2D eigenvalue weighted by atomic mass is 35.5. The van der Waals surface area contributed by atoms with E-state index in [2.05, 4.69) is 77.2 Å². The molecule has 300 valence electrons. The van der Waals surface area contributed by atoms with Gasteiger partial charge in [-0.25, -0.2) is 9.97 Å². The molecule has 0 radical (unpaired) electrons. The maximum absolute atomic E-state index is 14.0. The number of rotatable bonds is 11. The highest BCUT2D eigenvalue weighted by Crippen LogP contribution is 2.35. The molecule has 0 bridgehead atoms. The van der Waals surface area contributed by atoms with Gasteiger partial charge in [0.15, 0.2) is 0 Å². The van der Waals surface area contributed by atoms with Gasteiger partial charge in [0, 0.05) is 74.7 Å². The van der Waals surface area contributed by atoms with Crippen molar-refractivity contribution in [1.29, 1.82) is 0 Å². The van der Waals surface area contributed by atoms with E-state index in [9.17, 15) is 14.4 Å². The number of anilines is 4. The van der Waals surface area contributed by atoms with Gasteiger partial charge in [-0.05, 0) is 82.4 Å². The van der Waals surface area contributed by atoms with Gasteiger partial charge in [0.2, 0.25) is 17.7 Å². The van der Waals surface area contributed by atoms with Gasteiger partial charge in [0.25, 0.3) is 0 Å². The van der Waals surface area contributed by atoms with Crippen LogP contribution in [0.3, 0.4) is 0 Å². The molecule has 3 atom stereocenters. The molecule has 0 aliphatic carbocycles. The Labute approximate surface area is 331 Å². The fraction of sp³-hybridized carbons (Fsp3) is 0.575. The zero-order chi connectivity index (χ0) is 38.6. The summed E-state index contributed by atoms with van der Waals surface area (Å²) in [5, 5.41) is 13.0. The van der Waals surface area contributed by atoms with Gasteiger partial charge >= 0.3 is 0 Å². The number of hydrogen-bond acceptors (Lipinski definition) is 11. The fourth-order valence-electron chi connectivity index (χ4n) is 7.75. The van der Waals surface area contributed by atoms with Crippen LogP contribution in [-0.2, 0) is 14.4 Å². The third-order valence-corrected chi connectivity index (χ3v) is 11.3. The normalized spacial score (nSPS) is 19.7. The molecule has 2 aromatic carbocycles. The topological polar surface area (TPSA) is 147 Å². The van der Waals surface area contributed by atoms with E-state index in [1.165, 1.54) is 24.9 Å². The molecular weight excluding hydrogens is 720 g/mol. The highest BCUT2D eigenvalue weighted by molar-refractivity contribution is 6.03. The predicted octanol–water partition coefficient (Wildman–Crippen LogP) is 4.09. The van der Waals surface area contributed by atoms with Crippen molar-refractivity contribution in [2.75, 3.05) is 82.6 Å². The van der Waals surface area contributed by atoms with Crippen LogP contribution >= 0.6 is 12.4 Å². The van der Waals surface area contributed by atoms with Gasteiger partial charge in [-0.2, -0.15) is 0 Å². The number of piperazine rings is 1. The minimum absolute atomic E-state index is 0. The Morgan fingerprint density at radius 3 is 2.25 bits per heavy atom. The number of piperidine rings is 1. The van der Waals surface area contributed by atoms with Gasteiger partial charge in [0.1, 0.15) is 30.0 Å². The second-order valence-corrected chi connectivity index (χ2v) is 16.0. The van der Waals surface area contributed by atoms with Crippen LogP contribution in [-0.4, -0.2) is 134 Å². The van der Waals surface area contributed by atoms with Crippen molar-refractivity contribution in [3.63, 3.8) is 0 Å². The number of amides is 3. The molecule has 3 aromatic rings. The largest absolute Gasteiger partial charge is 0.494 e. The second kappa shape index (κ2) is 18.1. The summed E-state index contributed by atoms with van der Waals surface area (Å²) >= 11 is 0. The molecule has 4 heterocycles. The maximum Gasteiger partial charge on any atom is 0.247 e. The third kappa shape index (κ3) is 9.77. The summed E-state index contributed by atoms with van der Waals surface area (Å²) in [6.07, 6.45) is 5.04. The number of carbonyl (C=O) groups excluding carboxylic acids is 3. The number of aromatic nitrogens is 2. The van der Waals surface area contributed by atoms with Crippen molar-refractivity contribution in [3.05, 3.63) is 42.7 Å². The molecule has 3 saturated heterocycles. The summed E-state index contributed by atoms with van der Waals surface area (Å²) in [5.74, 6) is 0.166. The number of nitrogens with zero attached hydrogens (tertiary/aromatic N) is 6. The Bertz CT molecular complexity index is 1790. The van der Waals surface area contributed by atoms with Crippen molar-refractivity contribution in [2.45, 2.75) is 77.5 Å². The quantitative estimate of drug-likeness (QED) is 0.223. The number of carbonyl (C=O) groups is 3. The van der Waals surface area contributed by atoms with Crippen LogP contribution in [0, 0.1) is 5.41 Å². The monoisotopic (exact) mass is 778 g/mol. The van der Waals surface area contributed by atoms with E-state index in [0.717, 1.165) is 45.0 Å². The summed E-state index contributed by atoms with van der Waals surface area (Å²) in [7, 11) is 5.45. The summed E-state index contributed by atoms with van der Waals surface area (Å²) < 4.78 is 5.69. The van der Waals surface area contributed by atoms with E-state index in [1.54, 1.807) is 32.0 Å². The van der Waals surface area contributed by atoms with Crippen LogP contribution in [0.2, 0.25) is 0 Å². The zero-order valence-electron chi connectivity index (χ0n) is 33.4. The number of ether oxygens (including phenoxy) is 1. The first-order valence-electron chi connectivity index (χ1n) is 19.3. The summed E-state index contributed by atoms with van der Waals surface area (Å²) in [6, 6.07) is 10.7. The minimum atomic E-state index is -0.802. The Hall–Kier alpha value is -4.24. The molecule has 3 aliphatic heterocycles. The lowest BCUT2D eigenvalue weighted by Crippen LogP contribution is -2.59. The average Bonchev–Trinajstić information content (AvgIpc) is 3.67. The number of methoxy groups -OCH3 is 1. The predicted molar refractivity (Wildman–Crippen MR) is 221 cm³/mol. The Kier molecular flexibility index (Phi) is 13.8. The SMILES string of the molecule is CNC(C)C(=O)NC(C(=O)N1CCCC1C(=O)Nc1cc2c(Nc3ccc(N4CCC(N5CCN(C)CC5)CC4)cc3)ncnc2cc1OC)C(C)(C)C.Cl. The van der Waals surface area contributed by atoms with Crippen LogP contribution in [0.5, 0.6) is 5.75 Å². The first-order valence-corrected chi connectivity index (χ1v) is 19.3. The molecule has 1 aromatic heterocycles. The molecule has 14 nitrogen and oxygen atoms in total. The molecule has 15 heteroatoms. The van der Waals surface area contributed by atoms with Crippen LogP contribution < -0.4 is 30.9 Å². The van der Waals surface area contributed by atoms with Crippen molar-refractivity contribution in [1.82, 2.24) is 35.3 Å². The summed E-state index contributed by atoms with van der Waals surface area (Å²) in [4.78, 5) is 58.9. The first-order chi connectivity index (χ1) is 25.9. The van der Waals surface area contributed by atoms with Crippen molar-refractivity contribution in [2.24, 2.45) is 5.41 Å². The molecule has 3 amide bonds. The van der Waals surface area contributed by atoms with Crippen LogP contribution in [0.1, 0.15) is 53.4 Å². The Balaban J connectivity index is 0.00000580. The molecule has 3 aliphatic rings. The van der Waals surface area contributed by atoms with Gasteiger partial charge in [-0.1, -0.05) is 20.8 Å². The zero-order valence-corrected chi connectivity index (χ0v) is 34.2. The molecule has 55 heavy (non-hydrogen) atoms. The van der Waals surface area contributed by atoms with E-state index >= 15 is 0 Å². The molecular formula is C40H59ClN10O4. The third-order valence-electron chi connectivity index (χ3n) is 11.3. The Morgan fingerprint density at radius 1 is 0.927 bits per heavy atom. The number of likely N-dealkylation sites (tertiary alicyclic amines) is 1. The van der Waals surface area contributed by atoms with Crippen molar-refractivity contribution in [3.8, 4) is 5.75 Å². The number of halogens is 1. The standard InChI is InChI=1S/C40H58N10O4.ClH/c1-26(41-5)37(51)46-35(40(2,3)4)39(53)50-16-8-9-33(50)38(52)45-32-23-30-31(24-34(32)54-7)42-25-43-36(30)44-27-10-12-28(13-11-27)48-17-14-29(15-18-48)49-21-19-47(6)20-22-49;/h10-13,23-26,29,33,35,41H,8-9,14-22H2,1-7H3,(H,45,52)(H,46,51)(H,42,43,44);1H. The first kappa shape index (κ1) is 41.9. The van der Waals surface area contributed by atoms with E-state index in [0.29, 0.717) is 53.6 Å². The van der Waals surface area contributed by atoms with Gasteiger partial charge in [-0.15, -0.1) is 12.4 Å². The van der Waals surface area contributed by atoms with Gasteiger partial charge in [0.05, 0.1) is 24.4 Å². The highest BCUT2D eigenvalue weighted by Gasteiger charge is 2.42. The Morgan fingerprint density at radius 2 is 1.62 bits per heavy atom. The molecule has 4 N–H and O–H groups in total. The van der Waals surface area contributed by atoms with Crippen molar-refractivity contribution < 1.29 is 19.1 Å². The van der Waals surface area contributed by atoms with E-state index in [4.69, 9.17) is 4.74 Å².